The minimum atomic E-state index is -0.357. The fourth-order valence-electron chi connectivity index (χ4n) is 3.26. The monoisotopic (exact) mass is 432 g/mol. The molecule has 7 heteroatoms. The number of carbonyl (C=O) groups is 1. The third kappa shape index (κ3) is 4.58. The molecule has 27 heavy (non-hydrogen) atoms. The lowest BCUT2D eigenvalue weighted by Gasteiger charge is -2.28. The van der Waals surface area contributed by atoms with Crippen LogP contribution in [0, 0.1) is 0 Å². The van der Waals surface area contributed by atoms with Crippen molar-refractivity contribution in [3.63, 3.8) is 0 Å². The van der Waals surface area contributed by atoms with Crippen molar-refractivity contribution in [2.45, 2.75) is 52.0 Å². The first-order valence-electron chi connectivity index (χ1n) is 9.41. The molecule has 0 fully saturated rings. The number of nitrogens with one attached hydrogen (secondary N) is 1. The maximum absolute atomic E-state index is 12.9. The third-order valence-electron chi connectivity index (χ3n) is 4.68. The Bertz CT molecular complexity index is 814. The molecular weight excluding hydrogens is 408 g/mol. The van der Waals surface area contributed by atoms with Gasteiger partial charge in [-0.15, -0.1) is 0 Å². The molecule has 0 saturated carbocycles. The molecule has 6 nitrogen and oxygen atoms in total. The van der Waals surface area contributed by atoms with Crippen LogP contribution in [-0.2, 0) is 9.53 Å². The first-order chi connectivity index (χ1) is 13.1. The Labute approximate surface area is 168 Å². The van der Waals surface area contributed by atoms with Crippen molar-refractivity contribution in [3.05, 3.63) is 51.9 Å². The van der Waals surface area contributed by atoms with Crippen LogP contribution in [0.4, 0.5) is 5.95 Å². The number of aromatic nitrogens is 3. The summed E-state index contributed by atoms with van der Waals surface area (Å²) < 4.78 is 8.30. The number of hydrogen-bond acceptors (Lipinski definition) is 5. The largest absolute Gasteiger partial charge is 0.462 e. The predicted molar refractivity (Wildman–Crippen MR) is 108 cm³/mol. The number of hydrogen-bond donors (Lipinski definition) is 1. The summed E-state index contributed by atoms with van der Waals surface area (Å²) in [5.41, 5.74) is 2.28. The highest BCUT2D eigenvalue weighted by atomic mass is 79.9. The summed E-state index contributed by atoms with van der Waals surface area (Å²) in [5.74, 6) is 0.320. The van der Waals surface area contributed by atoms with Gasteiger partial charge in [-0.3, -0.25) is 0 Å². The molecule has 0 saturated heterocycles. The number of unbranched alkanes of at least 4 members (excludes halogenated alkanes) is 4. The van der Waals surface area contributed by atoms with E-state index < -0.39 is 0 Å². The smallest absolute Gasteiger partial charge is 0.338 e. The lowest BCUT2D eigenvalue weighted by molar-refractivity contribution is -0.139. The molecule has 3 rings (SSSR count). The van der Waals surface area contributed by atoms with Gasteiger partial charge in [0, 0.05) is 10.2 Å². The van der Waals surface area contributed by atoms with Crippen LogP contribution in [0.2, 0.25) is 0 Å². The molecule has 1 aliphatic rings. The second-order valence-corrected chi connectivity index (χ2v) is 7.61. The Morgan fingerprint density at radius 3 is 2.70 bits per heavy atom. The zero-order valence-electron chi connectivity index (χ0n) is 15.7. The number of ether oxygens (including phenoxy) is 1. The number of allylic oxidation sites excluding steroid dienone is 1. The summed E-state index contributed by atoms with van der Waals surface area (Å²) in [4.78, 5) is 17.1. The van der Waals surface area contributed by atoms with Crippen molar-refractivity contribution < 1.29 is 9.53 Å². The maximum atomic E-state index is 12.9. The number of esters is 1. The number of fused-ring (bicyclic) bond motifs is 1. The molecule has 144 valence electrons. The lowest BCUT2D eigenvalue weighted by atomic mass is 9.96. The van der Waals surface area contributed by atoms with Crippen molar-refractivity contribution in [1.29, 1.82) is 0 Å². The first kappa shape index (κ1) is 19.6. The quantitative estimate of drug-likeness (QED) is 0.477. The van der Waals surface area contributed by atoms with Gasteiger partial charge in [-0.05, 0) is 31.0 Å². The molecule has 0 amide bonds. The molecule has 0 spiro atoms. The van der Waals surface area contributed by atoms with E-state index in [0.717, 1.165) is 28.6 Å². The van der Waals surface area contributed by atoms with E-state index in [2.05, 4.69) is 38.3 Å². The molecule has 1 aromatic heterocycles. The Hall–Kier alpha value is -2.15. The van der Waals surface area contributed by atoms with Crippen molar-refractivity contribution >= 4 is 27.8 Å². The molecule has 2 aromatic rings. The molecule has 0 aliphatic carbocycles. The van der Waals surface area contributed by atoms with Gasteiger partial charge in [0.05, 0.1) is 12.2 Å². The zero-order valence-corrected chi connectivity index (χ0v) is 17.3. The molecule has 0 radical (unpaired) electrons. The summed E-state index contributed by atoms with van der Waals surface area (Å²) >= 11 is 3.46. The number of carbonyl (C=O) groups excluding carboxylic acids is 1. The van der Waals surface area contributed by atoms with Crippen LogP contribution < -0.4 is 5.32 Å². The average molecular weight is 433 g/mol. The van der Waals surface area contributed by atoms with E-state index in [9.17, 15) is 4.79 Å². The topological polar surface area (TPSA) is 69.0 Å². The Kier molecular flexibility index (Phi) is 6.66. The van der Waals surface area contributed by atoms with Crippen LogP contribution >= 0.6 is 15.9 Å². The van der Waals surface area contributed by atoms with Gasteiger partial charge in [0.2, 0.25) is 5.95 Å². The van der Waals surface area contributed by atoms with Gasteiger partial charge in [-0.1, -0.05) is 60.7 Å². The summed E-state index contributed by atoms with van der Waals surface area (Å²) in [6.07, 6.45) is 7.07. The van der Waals surface area contributed by atoms with Crippen LogP contribution in [0.5, 0.6) is 0 Å². The highest BCUT2D eigenvalue weighted by Gasteiger charge is 2.34. The van der Waals surface area contributed by atoms with Crippen LogP contribution in [0.3, 0.4) is 0 Å². The van der Waals surface area contributed by atoms with E-state index in [1.165, 1.54) is 25.6 Å². The normalized spacial score (nSPS) is 16.0. The SMILES string of the molecule is CCCCCCCOC(=O)C1=C(C)Nc2ncnn2[C@H]1c1ccc(Br)cc1. The van der Waals surface area contributed by atoms with Gasteiger partial charge in [-0.25, -0.2) is 9.48 Å². The van der Waals surface area contributed by atoms with Gasteiger partial charge in [-0.2, -0.15) is 10.1 Å². The van der Waals surface area contributed by atoms with Gasteiger partial charge < -0.3 is 10.1 Å². The molecule has 1 aromatic carbocycles. The summed E-state index contributed by atoms with van der Waals surface area (Å²) in [6.45, 7) is 4.50. The number of benzene rings is 1. The highest BCUT2D eigenvalue weighted by molar-refractivity contribution is 9.10. The standard InChI is InChI=1S/C20H25BrN4O2/c1-3-4-5-6-7-12-27-19(26)17-14(2)24-20-22-13-23-25(20)18(17)15-8-10-16(21)11-9-15/h8-11,13,18H,3-7,12H2,1-2H3,(H,22,23,24)/t18-/m0/s1. The average Bonchev–Trinajstić information content (AvgIpc) is 3.12. The van der Waals surface area contributed by atoms with Crippen molar-refractivity contribution in [2.75, 3.05) is 11.9 Å². The lowest BCUT2D eigenvalue weighted by Crippen LogP contribution is -2.29. The fraction of sp³-hybridized carbons (Fsp3) is 0.450. The second kappa shape index (κ2) is 9.17. The van der Waals surface area contributed by atoms with Crippen LogP contribution in [0.25, 0.3) is 0 Å². The van der Waals surface area contributed by atoms with Gasteiger partial charge >= 0.3 is 5.97 Å². The molecule has 1 N–H and O–H groups in total. The Morgan fingerprint density at radius 1 is 1.22 bits per heavy atom. The van der Waals surface area contributed by atoms with E-state index >= 15 is 0 Å². The van der Waals surface area contributed by atoms with Gasteiger partial charge in [0.1, 0.15) is 12.4 Å². The van der Waals surface area contributed by atoms with E-state index in [4.69, 9.17) is 4.74 Å². The van der Waals surface area contributed by atoms with Crippen molar-refractivity contribution in [1.82, 2.24) is 14.8 Å². The minimum absolute atomic E-state index is 0.301. The predicted octanol–water partition coefficient (Wildman–Crippen LogP) is 4.84. The Morgan fingerprint density at radius 2 is 1.96 bits per heavy atom. The van der Waals surface area contributed by atoms with E-state index in [1.807, 2.05) is 31.2 Å². The molecule has 0 bridgehead atoms. The van der Waals surface area contributed by atoms with Crippen LogP contribution in [0.1, 0.15) is 57.6 Å². The first-order valence-corrected chi connectivity index (χ1v) is 10.2. The number of anilines is 1. The molecule has 0 unspecified atom stereocenters. The number of nitrogens with zero attached hydrogens (tertiary/aromatic N) is 3. The Balaban J connectivity index is 1.78. The van der Waals surface area contributed by atoms with Gasteiger partial charge in [0.25, 0.3) is 0 Å². The summed E-state index contributed by atoms with van der Waals surface area (Å²) in [5, 5.41) is 7.48. The fourth-order valence-corrected chi connectivity index (χ4v) is 3.52. The highest BCUT2D eigenvalue weighted by Crippen LogP contribution is 2.35. The molecule has 2 heterocycles. The van der Waals surface area contributed by atoms with E-state index in [1.54, 1.807) is 4.68 Å². The number of rotatable bonds is 8. The second-order valence-electron chi connectivity index (χ2n) is 6.70. The van der Waals surface area contributed by atoms with E-state index in [-0.39, 0.29) is 12.0 Å². The zero-order chi connectivity index (χ0) is 19.2. The molecule has 1 atom stereocenters. The van der Waals surface area contributed by atoms with Crippen molar-refractivity contribution in [2.24, 2.45) is 0 Å². The van der Waals surface area contributed by atoms with Gasteiger partial charge in [0.15, 0.2) is 0 Å². The van der Waals surface area contributed by atoms with E-state index in [0.29, 0.717) is 18.1 Å². The van der Waals surface area contributed by atoms with Crippen molar-refractivity contribution in [3.8, 4) is 0 Å². The summed E-state index contributed by atoms with van der Waals surface area (Å²) in [7, 11) is 0. The van der Waals surface area contributed by atoms with Crippen LogP contribution in [0.15, 0.2) is 46.3 Å². The third-order valence-corrected chi connectivity index (χ3v) is 5.21. The number of halogens is 1. The molecular formula is C20H25BrN4O2. The molecule has 1 aliphatic heterocycles. The summed E-state index contributed by atoms with van der Waals surface area (Å²) in [6, 6.07) is 7.53. The minimum Gasteiger partial charge on any atom is -0.462 e. The van der Waals surface area contributed by atoms with Crippen LogP contribution in [-0.4, -0.2) is 27.3 Å². The maximum Gasteiger partial charge on any atom is 0.338 e.